The Bertz CT molecular complexity index is 580. The number of rotatable bonds is 4. The SMILES string of the molecule is CCNC(C)c1nnn(-c2cc(Br)ccc2Br)c1C. The van der Waals surface area contributed by atoms with Crippen LogP contribution in [0.3, 0.4) is 0 Å². The molecular weight excluding hydrogens is 372 g/mol. The molecule has 0 fully saturated rings. The second-order valence-corrected chi connectivity index (χ2v) is 6.12. The van der Waals surface area contributed by atoms with Crippen LogP contribution in [0.5, 0.6) is 0 Å². The molecule has 0 aliphatic rings. The minimum atomic E-state index is 0.199. The number of hydrogen-bond acceptors (Lipinski definition) is 3. The second kappa shape index (κ2) is 6.15. The highest BCUT2D eigenvalue weighted by Crippen LogP contribution is 2.26. The van der Waals surface area contributed by atoms with Gasteiger partial charge in [0.2, 0.25) is 0 Å². The number of halogens is 2. The fourth-order valence-corrected chi connectivity index (χ4v) is 2.78. The van der Waals surface area contributed by atoms with Crippen LogP contribution in [0, 0.1) is 6.92 Å². The summed E-state index contributed by atoms with van der Waals surface area (Å²) in [5.41, 5.74) is 3.01. The van der Waals surface area contributed by atoms with Gasteiger partial charge in [-0.1, -0.05) is 28.1 Å². The third-order valence-electron chi connectivity index (χ3n) is 2.99. The molecule has 6 heteroatoms. The van der Waals surface area contributed by atoms with Crippen molar-refractivity contribution in [1.29, 1.82) is 0 Å². The van der Waals surface area contributed by atoms with Gasteiger partial charge in [-0.25, -0.2) is 4.68 Å². The third-order valence-corrected chi connectivity index (χ3v) is 4.15. The molecule has 1 heterocycles. The summed E-state index contributed by atoms with van der Waals surface area (Å²) in [6.07, 6.45) is 0. The van der Waals surface area contributed by atoms with Gasteiger partial charge >= 0.3 is 0 Å². The van der Waals surface area contributed by atoms with Crippen molar-refractivity contribution in [2.24, 2.45) is 0 Å². The van der Waals surface area contributed by atoms with Crippen molar-refractivity contribution in [3.05, 3.63) is 38.5 Å². The smallest absolute Gasteiger partial charge is 0.103 e. The number of aromatic nitrogens is 3. The van der Waals surface area contributed by atoms with Gasteiger partial charge in [-0.2, -0.15) is 0 Å². The van der Waals surface area contributed by atoms with Crippen LogP contribution in [0.4, 0.5) is 0 Å². The van der Waals surface area contributed by atoms with Crippen LogP contribution >= 0.6 is 31.9 Å². The van der Waals surface area contributed by atoms with Crippen molar-refractivity contribution in [3.8, 4) is 5.69 Å². The number of hydrogen-bond donors (Lipinski definition) is 1. The lowest BCUT2D eigenvalue weighted by Crippen LogP contribution is -2.19. The van der Waals surface area contributed by atoms with E-state index in [4.69, 9.17) is 0 Å². The predicted octanol–water partition coefficient (Wildman–Crippen LogP) is 3.77. The average Bonchev–Trinajstić information content (AvgIpc) is 2.74. The fourth-order valence-electron chi connectivity index (χ4n) is 2.02. The Morgan fingerprint density at radius 2 is 2.11 bits per heavy atom. The van der Waals surface area contributed by atoms with Crippen LogP contribution in [-0.2, 0) is 0 Å². The summed E-state index contributed by atoms with van der Waals surface area (Å²) in [5, 5.41) is 11.9. The van der Waals surface area contributed by atoms with Crippen LogP contribution < -0.4 is 5.32 Å². The van der Waals surface area contributed by atoms with E-state index < -0.39 is 0 Å². The molecule has 102 valence electrons. The average molecular weight is 388 g/mol. The molecule has 1 atom stereocenters. The molecule has 1 unspecified atom stereocenters. The summed E-state index contributed by atoms with van der Waals surface area (Å²) in [6.45, 7) is 7.13. The van der Waals surface area contributed by atoms with E-state index >= 15 is 0 Å². The minimum absolute atomic E-state index is 0.199. The number of nitrogens with one attached hydrogen (secondary N) is 1. The van der Waals surface area contributed by atoms with Gasteiger partial charge < -0.3 is 5.32 Å². The summed E-state index contributed by atoms with van der Waals surface area (Å²) in [5.74, 6) is 0. The Hall–Kier alpha value is -0.720. The molecule has 0 spiro atoms. The van der Waals surface area contributed by atoms with E-state index in [-0.39, 0.29) is 6.04 Å². The lowest BCUT2D eigenvalue weighted by Gasteiger charge is -2.11. The van der Waals surface area contributed by atoms with Crippen molar-refractivity contribution in [3.63, 3.8) is 0 Å². The van der Waals surface area contributed by atoms with E-state index in [9.17, 15) is 0 Å². The summed E-state index contributed by atoms with van der Waals surface area (Å²) < 4.78 is 3.87. The Kier molecular flexibility index (Phi) is 4.76. The lowest BCUT2D eigenvalue weighted by atomic mass is 10.2. The van der Waals surface area contributed by atoms with Crippen LogP contribution in [0.2, 0.25) is 0 Å². The van der Waals surface area contributed by atoms with Gasteiger partial charge in [-0.05, 0) is 54.5 Å². The second-order valence-electron chi connectivity index (χ2n) is 4.35. The van der Waals surface area contributed by atoms with E-state index in [1.807, 2.05) is 29.8 Å². The Morgan fingerprint density at radius 3 is 2.79 bits per heavy atom. The van der Waals surface area contributed by atoms with Crippen molar-refractivity contribution in [2.45, 2.75) is 26.8 Å². The molecule has 0 radical (unpaired) electrons. The summed E-state index contributed by atoms with van der Waals surface area (Å²) in [6, 6.07) is 6.20. The zero-order valence-corrected chi connectivity index (χ0v) is 14.3. The standard InChI is InChI=1S/C13H16Br2N4/c1-4-16-8(2)13-9(3)19(18-17-13)12-7-10(14)5-6-11(12)15/h5-8,16H,4H2,1-3H3. The first-order valence-corrected chi connectivity index (χ1v) is 7.74. The van der Waals surface area contributed by atoms with Gasteiger partial charge in [0.05, 0.1) is 17.4 Å². The van der Waals surface area contributed by atoms with E-state index in [1.165, 1.54) is 0 Å². The first-order valence-electron chi connectivity index (χ1n) is 6.15. The predicted molar refractivity (Wildman–Crippen MR) is 83.6 cm³/mol. The first-order chi connectivity index (χ1) is 9.04. The van der Waals surface area contributed by atoms with Crippen LogP contribution in [-0.4, -0.2) is 21.5 Å². The number of nitrogens with zero attached hydrogens (tertiary/aromatic N) is 3. The Balaban J connectivity index is 2.44. The molecule has 0 amide bonds. The highest BCUT2D eigenvalue weighted by molar-refractivity contribution is 9.11. The van der Waals surface area contributed by atoms with Crippen molar-refractivity contribution in [2.75, 3.05) is 6.54 Å². The van der Waals surface area contributed by atoms with Crippen LogP contribution in [0.25, 0.3) is 5.69 Å². The highest BCUT2D eigenvalue weighted by Gasteiger charge is 2.16. The maximum absolute atomic E-state index is 4.30. The lowest BCUT2D eigenvalue weighted by molar-refractivity contribution is 0.579. The largest absolute Gasteiger partial charge is 0.309 e. The summed E-state index contributed by atoms with van der Waals surface area (Å²) >= 11 is 7.04. The van der Waals surface area contributed by atoms with Crippen LogP contribution in [0.1, 0.15) is 31.3 Å². The molecule has 19 heavy (non-hydrogen) atoms. The molecule has 0 bridgehead atoms. The molecule has 0 saturated heterocycles. The van der Waals surface area contributed by atoms with Gasteiger partial charge in [0.25, 0.3) is 0 Å². The highest BCUT2D eigenvalue weighted by atomic mass is 79.9. The molecule has 2 rings (SSSR count). The maximum Gasteiger partial charge on any atom is 0.103 e. The molecule has 2 aromatic rings. The zero-order valence-electron chi connectivity index (χ0n) is 11.1. The third kappa shape index (κ3) is 3.07. The van der Waals surface area contributed by atoms with Crippen molar-refractivity contribution >= 4 is 31.9 Å². The molecule has 1 aromatic carbocycles. The molecule has 1 aromatic heterocycles. The fraction of sp³-hybridized carbons (Fsp3) is 0.385. The van der Waals surface area contributed by atoms with Crippen molar-refractivity contribution in [1.82, 2.24) is 20.3 Å². The Morgan fingerprint density at radius 1 is 1.37 bits per heavy atom. The minimum Gasteiger partial charge on any atom is -0.309 e. The van der Waals surface area contributed by atoms with E-state index in [1.54, 1.807) is 0 Å². The monoisotopic (exact) mass is 386 g/mol. The van der Waals surface area contributed by atoms with Crippen LogP contribution in [0.15, 0.2) is 27.1 Å². The van der Waals surface area contributed by atoms with Gasteiger partial charge in [-0.15, -0.1) is 5.10 Å². The van der Waals surface area contributed by atoms with E-state index in [0.717, 1.165) is 32.6 Å². The summed E-state index contributed by atoms with van der Waals surface area (Å²) in [7, 11) is 0. The van der Waals surface area contributed by atoms with Gasteiger partial charge in [-0.3, -0.25) is 0 Å². The van der Waals surface area contributed by atoms with Gasteiger partial charge in [0.1, 0.15) is 5.69 Å². The van der Waals surface area contributed by atoms with Crippen molar-refractivity contribution < 1.29 is 0 Å². The topological polar surface area (TPSA) is 42.7 Å². The molecule has 0 aliphatic carbocycles. The molecular formula is C13H16Br2N4. The quantitative estimate of drug-likeness (QED) is 0.868. The summed E-state index contributed by atoms with van der Waals surface area (Å²) in [4.78, 5) is 0. The normalized spacial score (nSPS) is 12.7. The molecule has 1 N–H and O–H groups in total. The first kappa shape index (κ1) is 14.7. The van der Waals surface area contributed by atoms with Gasteiger partial charge in [0.15, 0.2) is 0 Å². The van der Waals surface area contributed by atoms with E-state index in [2.05, 4.69) is 61.3 Å². The molecule has 4 nitrogen and oxygen atoms in total. The van der Waals surface area contributed by atoms with E-state index in [0.29, 0.717) is 0 Å². The van der Waals surface area contributed by atoms with Gasteiger partial charge in [0, 0.05) is 8.95 Å². The maximum atomic E-state index is 4.30. The molecule has 0 aliphatic heterocycles. The molecule has 0 saturated carbocycles. The zero-order chi connectivity index (χ0) is 14.0. The number of benzene rings is 1. The Labute approximate surface area is 129 Å².